The van der Waals surface area contributed by atoms with Crippen molar-refractivity contribution in [1.82, 2.24) is 4.31 Å². The zero-order valence-electron chi connectivity index (χ0n) is 21.1. The number of aryl methyl sites for hydroxylation is 1. The largest absolute Gasteiger partial charge is 0.444 e. The maximum atomic E-state index is 12.9. The SMILES string of the molecule is Cc1ccc(S(=O)(=O)N(C(=O)OCC=C=CC(C)(C)O[Si](C)(C)C(C)(C)C)C(C)C)cc1. The smallest absolute Gasteiger partial charge is 0.424 e. The second kappa shape index (κ2) is 10.4. The minimum absolute atomic E-state index is 0.0497. The van der Waals surface area contributed by atoms with Gasteiger partial charge in [0, 0.05) is 6.04 Å². The number of ether oxygens (including phenoxy) is 1. The van der Waals surface area contributed by atoms with Gasteiger partial charge in [-0.05, 0) is 77.0 Å². The first-order chi connectivity index (χ1) is 14.4. The van der Waals surface area contributed by atoms with Gasteiger partial charge in [-0.2, -0.15) is 4.31 Å². The van der Waals surface area contributed by atoms with Crippen LogP contribution in [0.3, 0.4) is 0 Å². The Morgan fingerprint density at radius 1 is 1.12 bits per heavy atom. The van der Waals surface area contributed by atoms with Gasteiger partial charge in [-0.3, -0.25) is 0 Å². The third-order valence-electron chi connectivity index (χ3n) is 5.39. The fourth-order valence-corrected chi connectivity index (χ4v) is 5.93. The van der Waals surface area contributed by atoms with Gasteiger partial charge in [0.15, 0.2) is 8.32 Å². The second-order valence-corrected chi connectivity index (χ2v) is 16.8. The Bertz CT molecular complexity index is 951. The lowest BCUT2D eigenvalue weighted by molar-refractivity contribution is 0.130. The first-order valence-electron chi connectivity index (χ1n) is 10.8. The molecule has 0 spiro atoms. The predicted molar refractivity (Wildman–Crippen MR) is 132 cm³/mol. The predicted octanol–water partition coefficient (Wildman–Crippen LogP) is 6.04. The van der Waals surface area contributed by atoms with E-state index >= 15 is 0 Å². The number of carbonyl (C=O) groups is 1. The summed E-state index contributed by atoms with van der Waals surface area (Å²) in [7, 11) is -5.97. The minimum atomic E-state index is -4.02. The van der Waals surface area contributed by atoms with Crippen LogP contribution in [0.5, 0.6) is 0 Å². The van der Waals surface area contributed by atoms with Crippen molar-refractivity contribution in [3.63, 3.8) is 0 Å². The molecule has 0 atom stereocenters. The number of hydrogen-bond acceptors (Lipinski definition) is 5. The quantitative estimate of drug-likeness (QED) is 0.334. The highest BCUT2D eigenvalue weighted by Crippen LogP contribution is 2.39. The molecule has 32 heavy (non-hydrogen) atoms. The molecule has 0 aliphatic rings. The van der Waals surface area contributed by atoms with E-state index in [-0.39, 0.29) is 16.5 Å². The molecule has 0 aromatic heterocycles. The van der Waals surface area contributed by atoms with E-state index in [4.69, 9.17) is 9.16 Å². The van der Waals surface area contributed by atoms with Crippen LogP contribution in [0.2, 0.25) is 18.1 Å². The molecule has 0 aliphatic carbocycles. The van der Waals surface area contributed by atoms with Crippen molar-refractivity contribution in [2.45, 2.75) is 90.1 Å². The Balaban J connectivity index is 2.88. The summed E-state index contributed by atoms with van der Waals surface area (Å²) in [5, 5.41) is 0.0839. The molecule has 0 heterocycles. The summed E-state index contributed by atoms with van der Waals surface area (Å²) in [4.78, 5) is 12.6. The van der Waals surface area contributed by atoms with Crippen molar-refractivity contribution in [2.24, 2.45) is 0 Å². The summed E-state index contributed by atoms with van der Waals surface area (Å²) < 4.78 is 38.2. The van der Waals surface area contributed by atoms with Gasteiger partial charge in [0.05, 0.1) is 10.5 Å². The molecule has 0 saturated carbocycles. The number of amides is 1. The van der Waals surface area contributed by atoms with E-state index in [0.29, 0.717) is 0 Å². The van der Waals surface area contributed by atoms with E-state index in [1.165, 1.54) is 12.1 Å². The van der Waals surface area contributed by atoms with E-state index in [9.17, 15) is 13.2 Å². The van der Waals surface area contributed by atoms with Crippen LogP contribution < -0.4 is 0 Å². The van der Waals surface area contributed by atoms with Crippen molar-refractivity contribution in [3.8, 4) is 0 Å². The molecule has 180 valence electrons. The molecule has 0 bridgehead atoms. The molecule has 1 aromatic carbocycles. The van der Waals surface area contributed by atoms with Crippen LogP contribution >= 0.6 is 0 Å². The zero-order valence-corrected chi connectivity index (χ0v) is 23.0. The summed E-state index contributed by atoms with van der Waals surface area (Å²) >= 11 is 0. The van der Waals surface area contributed by atoms with Crippen LogP contribution in [0.4, 0.5) is 4.79 Å². The van der Waals surface area contributed by atoms with Crippen molar-refractivity contribution < 1.29 is 22.4 Å². The minimum Gasteiger partial charge on any atom is -0.444 e. The lowest BCUT2D eigenvalue weighted by Gasteiger charge is -2.41. The van der Waals surface area contributed by atoms with E-state index in [2.05, 4.69) is 39.6 Å². The molecular formula is C24H39NO5SSi. The highest BCUT2D eigenvalue weighted by molar-refractivity contribution is 7.89. The number of benzene rings is 1. The molecule has 0 N–H and O–H groups in total. The van der Waals surface area contributed by atoms with Gasteiger partial charge < -0.3 is 9.16 Å². The monoisotopic (exact) mass is 481 g/mol. The highest BCUT2D eigenvalue weighted by atomic mass is 32.2. The van der Waals surface area contributed by atoms with Crippen LogP contribution in [0, 0.1) is 6.92 Å². The standard InChI is InChI=1S/C24H39NO5SSi/c1-19(2)25(31(27,28)21-15-13-20(3)14-16-21)22(26)29-18-12-11-17-24(7,8)30-32(9,10)23(4,5)6/h12-17,19H,18H2,1-10H3. The van der Waals surface area contributed by atoms with Gasteiger partial charge in [-0.15, -0.1) is 5.73 Å². The van der Waals surface area contributed by atoms with Crippen molar-refractivity contribution in [2.75, 3.05) is 6.61 Å². The van der Waals surface area contributed by atoms with Crippen LogP contribution in [-0.2, 0) is 19.2 Å². The summed E-state index contributed by atoms with van der Waals surface area (Å²) in [6.45, 7) is 19.9. The fourth-order valence-electron chi connectivity index (χ4n) is 2.73. The molecule has 1 rings (SSSR count). The van der Waals surface area contributed by atoms with Crippen LogP contribution in [-0.4, -0.2) is 45.4 Å². The molecule has 6 nitrogen and oxygen atoms in total. The Labute approximate surface area is 195 Å². The first kappa shape index (κ1) is 28.2. The maximum Gasteiger partial charge on any atom is 0.424 e. The normalized spacial score (nSPS) is 12.8. The van der Waals surface area contributed by atoms with Gasteiger partial charge in [0.25, 0.3) is 10.0 Å². The summed E-state index contributed by atoms with van der Waals surface area (Å²) in [6, 6.07) is 5.77. The molecule has 1 amide bonds. The molecule has 0 unspecified atom stereocenters. The molecule has 0 fully saturated rings. The first-order valence-corrected chi connectivity index (χ1v) is 15.2. The number of nitrogens with zero attached hydrogens (tertiary/aromatic N) is 1. The van der Waals surface area contributed by atoms with Crippen molar-refractivity contribution in [3.05, 3.63) is 47.7 Å². The molecule has 8 heteroatoms. The van der Waals surface area contributed by atoms with Crippen molar-refractivity contribution >= 4 is 24.4 Å². The number of rotatable bonds is 8. The lowest BCUT2D eigenvalue weighted by atomic mass is 10.1. The zero-order chi connectivity index (χ0) is 25.0. The van der Waals surface area contributed by atoms with Gasteiger partial charge in [-0.25, -0.2) is 13.2 Å². The van der Waals surface area contributed by atoms with E-state index in [1.54, 1.807) is 38.1 Å². The average molecular weight is 482 g/mol. The molecule has 0 saturated heterocycles. The molecule has 0 radical (unpaired) electrons. The van der Waals surface area contributed by atoms with E-state index in [0.717, 1.165) is 9.87 Å². The van der Waals surface area contributed by atoms with Crippen molar-refractivity contribution in [1.29, 1.82) is 0 Å². The lowest BCUT2D eigenvalue weighted by Crippen LogP contribution is -2.46. The summed E-state index contributed by atoms with van der Waals surface area (Å²) in [5.74, 6) is 0. The van der Waals surface area contributed by atoms with Crippen LogP contribution in [0.25, 0.3) is 0 Å². The molecule has 1 aromatic rings. The van der Waals surface area contributed by atoms with Crippen LogP contribution in [0.1, 0.15) is 54.0 Å². The van der Waals surface area contributed by atoms with Gasteiger partial charge in [-0.1, -0.05) is 38.5 Å². The maximum absolute atomic E-state index is 12.9. The Morgan fingerprint density at radius 3 is 2.12 bits per heavy atom. The van der Waals surface area contributed by atoms with Gasteiger partial charge in [0.2, 0.25) is 0 Å². The number of hydrogen-bond donors (Lipinski definition) is 0. The number of carbonyl (C=O) groups excluding carboxylic acids is 1. The third-order valence-corrected chi connectivity index (χ3v) is 12.0. The van der Waals surface area contributed by atoms with Gasteiger partial charge in [0.1, 0.15) is 6.61 Å². The Morgan fingerprint density at radius 2 is 1.66 bits per heavy atom. The molecular weight excluding hydrogens is 442 g/mol. The second-order valence-electron chi connectivity index (χ2n) is 10.3. The summed E-state index contributed by atoms with van der Waals surface area (Å²) in [6.07, 6.45) is 2.42. The van der Waals surface area contributed by atoms with Crippen LogP contribution in [0.15, 0.2) is 47.0 Å². The molecule has 0 aliphatic heterocycles. The highest BCUT2D eigenvalue weighted by Gasteiger charge is 2.40. The van der Waals surface area contributed by atoms with E-state index in [1.807, 2.05) is 20.8 Å². The topological polar surface area (TPSA) is 72.9 Å². The Kier molecular flexibility index (Phi) is 9.14. The fraction of sp³-hybridized carbons (Fsp3) is 0.583. The third kappa shape index (κ3) is 7.62. The van der Waals surface area contributed by atoms with Gasteiger partial charge >= 0.3 is 6.09 Å². The number of sulfonamides is 1. The summed E-state index contributed by atoms with van der Waals surface area (Å²) in [5.41, 5.74) is 3.41. The van der Waals surface area contributed by atoms with E-state index < -0.39 is 36.1 Å². The average Bonchev–Trinajstić information content (AvgIpc) is 2.59. The Hall–Kier alpha value is -1.86.